The van der Waals surface area contributed by atoms with E-state index < -0.39 is 0 Å². The van der Waals surface area contributed by atoms with Crippen molar-refractivity contribution < 1.29 is 4.74 Å². The molecule has 2 saturated heterocycles. The highest BCUT2D eigenvalue weighted by Crippen LogP contribution is 2.22. The number of nitrogens with zero attached hydrogens (tertiary/aromatic N) is 4. The molecule has 3 heterocycles. The summed E-state index contributed by atoms with van der Waals surface area (Å²) in [6, 6.07) is 11.0. The molecule has 7 nitrogen and oxygen atoms in total. The van der Waals surface area contributed by atoms with E-state index in [9.17, 15) is 0 Å². The molecule has 0 aliphatic carbocycles. The van der Waals surface area contributed by atoms with Crippen LogP contribution < -0.4 is 10.6 Å². The van der Waals surface area contributed by atoms with Crippen LogP contribution in [-0.4, -0.2) is 66.1 Å². The van der Waals surface area contributed by atoms with Crippen LogP contribution in [0.15, 0.2) is 47.7 Å². The summed E-state index contributed by atoms with van der Waals surface area (Å²) in [4.78, 5) is 6.93. The lowest BCUT2D eigenvalue weighted by Crippen LogP contribution is -2.51. The Hall–Kier alpha value is -2.38. The molecule has 0 saturated carbocycles. The summed E-state index contributed by atoms with van der Waals surface area (Å²) in [5.74, 6) is 0.807. The maximum atomic E-state index is 6.03. The summed E-state index contributed by atoms with van der Waals surface area (Å²) < 4.78 is 7.97. The third kappa shape index (κ3) is 4.72. The Morgan fingerprint density at radius 3 is 2.96 bits per heavy atom. The monoisotopic (exact) mass is 382 g/mol. The fourth-order valence-corrected chi connectivity index (χ4v) is 4.07. The maximum absolute atomic E-state index is 6.03. The van der Waals surface area contributed by atoms with E-state index in [0.717, 1.165) is 38.7 Å². The average molecular weight is 383 g/mol. The average Bonchev–Trinajstić information content (AvgIpc) is 3.40. The SMILES string of the molecule is CN=C(NCc1ccccc1Cn1cccn1)NCC1CN2CCCC2CO1. The van der Waals surface area contributed by atoms with E-state index in [0.29, 0.717) is 6.04 Å². The summed E-state index contributed by atoms with van der Waals surface area (Å²) in [6.45, 7) is 5.35. The highest BCUT2D eigenvalue weighted by Gasteiger charge is 2.32. The number of nitrogens with one attached hydrogen (secondary N) is 2. The Balaban J connectivity index is 1.28. The Kier molecular flexibility index (Phi) is 6.24. The van der Waals surface area contributed by atoms with Crippen LogP contribution in [0.3, 0.4) is 0 Å². The van der Waals surface area contributed by atoms with Crippen LogP contribution in [0.25, 0.3) is 0 Å². The number of aromatic nitrogens is 2. The summed E-state index contributed by atoms with van der Waals surface area (Å²) in [5, 5.41) is 11.2. The topological polar surface area (TPSA) is 66.7 Å². The molecule has 2 unspecified atom stereocenters. The molecule has 2 aliphatic rings. The molecule has 150 valence electrons. The zero-order chi connectivity index (χ0) is 19.2. The van der Waals surface area contributed by atoms with E-state index in [-0.39, 0.29) is 6.10 Å². The van der Waals surface area contributed by atoms with Gasteiger partial charge in [0.15, 0.2) is 5.96 Å². The van der Waals surface area contributed by atoms with Crippen molar-refractivity contribution in [1.82, 2.24) is 25.3 Å². The largest absolute Gasteiger partial charge is 0.373 e. The van der Waals surface area contributed by atoms with Gasteiger partial charge in [-0.2, -0.15) is 5.10 Å². The van der Waals surface area contributed by atoms with Crippen LogP contribution in [0.5, 0.6) is 0 Å². The van der Waals surface area contributed by atoms with Gasteiger partial charge < -0.3 is 15.4 Å². The minimum Gasteiger partial charge on any atom is -0.373 e. The molecule has 2 aromatic rings. The molecular weight excluding hydrogens is 352 g/mol. The molecule has 0 amide bonds. The minimum atomic E-state index is 0.222. The number of guanidine groups is 1. The van der Waals surface area contributed by atoms with E-state index in [2.05, 4.69) is 49.9 Å². The molecule has 7 heteroatoms. The van der Waals surface area contributed by atoms with Crippen LogP contribution in [0, 0.1) is 0 Å². The van der Waals surface area contributed by atoms with Gasteiger partial charge in [0, 0.05) is 45.1 Å². The number of morpholine rings is 1. The molecule has 2 N–H and O–H groups in total. The summed E-state index contributed by atoms with van der Waals surface area (Å²) in [5.41, 5.74) is 2.50. The van der Waals surface area contributed by atoms with Gasteiger partial charge in [0.1, 0.15) is 0 Å². The van der Waals surface area contributed by atoms with Crippen molar-refractivity contribution in [3.63, 3.8) is 0 Å². The first-order valence-electron chi connectivity index (χ1n) is 10.2. The molecule has 2 fully saturated rings. The summed E-state index contributed by atoms with van der Waals surface area (Å²) in [7, 11) is 1.81. The van der Waals surface area contributed by atoms with Crippen LogP contribution in [0.1, 0.15) is 24.0 Å². The Labute approximate surface area is 166 Å². The molecule has 0 bridgehead atoms. The molecule has 2 atom stereocenters. The minimum absolute atomic E-state index is 0.222. The first kappa shape index (κ1) is 19.0. The van der Waals surface area contributed by atoms with Crippen molar-refractivity contribution in [3.8, 4) is 0 Å². The van der Waals surface area contributed by atoms with Crippen LogP contribution in [-0.2, 0) is 17.8 Å². The van der Waals surface area contributed by atoms with Gasteiger partial charge in [-0.3, -0.25) is 14.6 Å². The van der Waals surface area contributed by atoms with Crippen molar-refractivity contribution in [2.45, 2.75) is 38.1 Å². The zero-order valence-corrected chi connectivity index (χ0v) is 16.6. The lowest BCUT2D eigenvalue weighted by molar-refractivity contribution is -0.0453. The molecule has 0 radical (unpaired) electrons. The van der Waals surface area contributed by atoms with Gasteiger partial charge in [-0.25, -0.2) is 0 Å². The first-order chi connectivity index (χ1) is 13.8. The molecule has 4 rings (SSSR count). The number of rotatable bonds is 6. The third-order valence-corrected chi connectivity index (χ3v) is 5.64. The molecular formula is C21H30N6O. The number of ether oxygens (including phenoxy) is 1. The number of benzene rings is 1. The van der Waals surface area contributed by atoms with Gasteiger partial charge in [0.05, 0.1) is 19.3 Å². The quantitative estimate of drug-likeness (QED) is 0.585. The first-order valence-corrected chi connectivity index (χ1v) is 10.2. The molecule has 0 spiro atoms. The Bertz CT molecular complexity index is 775. The predicted molar refractivity (Wildman–Crippen MR) is 110 cm³/mol. The van der Waals surface area contributed by atoms with Crippen molar-refractivity contribution in [2.24, 2.45) is 4.99 Å². The van der Waals surface area contributed by atoms with E-state index in [4.69, 9.17) is 4.74 Å². The van der Waals surface area contributed by atoms with Gasteiger partial charge in [-0.15, -0.1) is 0 Å². The number of fused-ring (bicyclic) bond motifs is 1. The number of aliphatic imine (C=N–C) groups is 1. The second-order valence-electron chi connectivity index (χ2n) is 7.53. The van der Waals surface area contributed by atoms with Gasteiger partial charge in [-0.1, -0.05) is 24.3 Å². The lowest BCUT2D eigenvalue weighted by atomic mass is 10.1. The fraction of sp³-hybridized carbons (Fsp3) is 0.524. The van der Waals surface area contributed by atoms with Crippen molar-refractivity contribution in [1.29, 1.82) is 0 Å². The van der Waals surface area contributed by atoms with Crippen molar-refractivity contribution >= 4 is 5.96 Å². The van der Waals surface area contributed by atoms with Gasteiger partial charge >= 0.3 is 0 Å². The van der Waals surface area contributed by atoms with Gasteiger partial charge in [-0.05, 0) is 36.6 Å². The van der Waals surface area contributed by atoms with E-state index >= 15 is 0 Å². The second-order valence-corrected chi connectivity index (χ2v) is 7.53. The number of hydrogen-bond acceptors (Lipinski definition) is 4. The van der Waals surface area contributed by atoms with E-state index in [1.165, 1.54) is 30.5 Å². The van der Waals surface area contributed by atoms with Crippen molar-refractivity contribution in [3.05, 3.63) is 53.9 Å². The van der Waals surface area contributed by atoms with Crippen LogP contribution in [0.2, 0.25) is 0 Å². The molecule has 1 aromatic heterocycles. The second kappa shape index (κ2) is 9.21. The fourth-order valence-electron chi connectivity index (χ4n) is 4.07. The highest BCUT2D eigenvalue weighted by atomic mass is 16.5. The van der Waals surface area contributed by atoms with Crippen LogP contribution >= 0.6 is 0 Å². The summed E-state index contributed by atoms with van der Waals surface area (Å²) in [6.07, 6.45) is 6.60. The normalized spacial score (nSPS) is 22.8. The smallest absolute Gasteiger partial charge is 0.191 e. The van der Waals surface area contributed by atoms with E-state index in [1.807, 2.05) is 30.2 Å². The molecule has 2 aliphatic heterocycles. The predicted octanol–water partition coefficient (Wildman–Crippen LogP) is 1.46. The third-order valence-electron chi connectivity index (χ3n) is 5.64. The zero-order valence-electron chi connectivity index (χ0n) is 16.6. The molecule has 1 aromatic carbocycles. The van der Waals surface area contributed by atoms with Gasteiger partial charge in [0.25, 0.3) is 0 Å². The summed E-state index contributed by atoms with van der Waals surface area (Å²) >= 11 is 0. The number of hydrogen-bond donors (Lipinski definition) is 2. The highest BCUT2D eigenvalue weighted by molar-refractivity contribution is 5.79. The Morgan fingerprint density at radius 2 is 2.14 bits per heavy atom. The van der Waals surface area contributed by atoms with Crippen molar-refractivity contribution in [2.75, 3.05) is 33.3 Å². The lowest BCUT2D eigenvalue weighted by Gasteiger charge is -2.35. The van der Waals surface area contributed by atoms with Crippen LogP contribution in [0.4, 0.5) is 0 Å². The molecule has 28 heavy (non-hydrogen) atoms. The van der Waals surface area contributed by atoms with Gasteiger partial charge in [0.2, 0.25) is 0 Å². The van der Waals surface area contributed by atoms with E-state index in [1.54, 1.807) is 0 Å². The maximum Gasteiger partial charge on any atom is 0.191 e. The Morgan fingerprint density at radius 1 is 1.25 bits per heavy atom. The standard InChI is InChI=1S/C21H30N6O/c1-22-21(24-13-20-15-26-10-4-8-19(26)16-28-20)23-12-17-6-2-3-7-18(17)14-27-11-5-9-25-27/h2-3,5-7,9,11,19-20H,4,8,10,12-16H2,1H3,(H2,22,23,24).